The van der Waals surface area contributed by atoms with E-state index in [2.05, 4.69) is 5.32 Å². The predicted molar refractivity (Wildman–Crippen MR) is 45.6 cm³/mol. The minimum absolute atomic E-state index is 0.444. The molecule has 0 saturated carbocycles. The first kappa shape index (κ1) is 8.74. The van der Waals surface area contributed by atoms with E-state index in [-0.39, 0.29) is 0 Å². The topological polar surface area (TPSA) is 49.3 Å². The molecule has 0 bridgehead atoms. The van der Waals surface area contributed by atoms with Crippen LogP contribution in [0.5, 0.6) is 0 Å². The van der Waals surface area contributed by atoms with E-state index in [9.17, 15) is 4.79 Å². The zero-order chi connectivity index (χ0) is 8.97. The zero-order valence-electron chi connectivity index (χ0n) is 6.45. The lowest BCUT2D eigenvalue weighted by molar-refractivity contribution is -0.118. The summed E-state index contributed by atoms with van der Waals surface area (Å²) < 4.78 is 0. The fourth-order valence-electron chi connectivity index (χ4n) is 0.817. The molecule has 0 saturated heterocycles. The van der Waals surface area contributed by atoms with Crippen LogP contribution in [0.1, 0.15) is 5.56 Å². The van der Waals surface area contributed by atoms with Gasteiger partial charge in [-0.2, -0.15) is 0 Å². The summed E-state index contributed by atoms with van der Waals surface area (Å²) in [7, 11) is 0. The van der Waals surface area contributed by atoms with Crippen LogP contribution < -0.4 is 5.32 Å². The Morgan fingerprint density at radius 2 is 2.33 bits per heavy atom. The molecule has 12 heavy (non-hydrogen) atoms. The predicted octanol–water partition coefficient (Wildman–Crippen LogP) is 0.677. The maximum absolute atomic E-state index is 10.7. The Morgan fingerprint density at radius 3 is 2.92 bits per heavy atom. The molecule has 0 unspecified atom stereocenters. The van der Waals surface area contributed by atoms with E-state index >= 15 is 0 Å². The van der Waals surface area contributed by atoms with Gasteiger partial charge in [-0.05, 0) is 24.6 Å². The third kappa shape index (κ3) is 2.36. The average Bonchev–Trinajstić information content (AvgIpc) is 2.04. The second-order valence-corrected chi connectivity index (χ2v) is 2.33. The molecule has 0 fully saturated rings. The van der Waals surface area contributed by atoms with Crippen molar-refractivity contribution in [2.75, 3.05) is 11.9 Å². The maximum atomic E-state index is 10.7. The minimum atomic E-state index is -0.519. The van der Waals surface area contributed by atoms with Crippen LogP contribution in [0.25, 0.3) is 0 Å². The SMILES string of the molecule is [CH]c1cccc(NC(=O)CO)c1. The largest absolute Gasteiger partial charge is 0.387 e. The van der Waals surface area contributed by atoms with Gasteiger partial charge in [-0.15, -0.1) is 0 Å². The van der Waals surface area contributed by atoms with Crippen LogP contribution >= 0.6 is 0 Å². The van der Waals surface area contributed by atoms with Gasteiger partial charge in [0.1, 0.15) is 6.61 Å². The van der Waals surface area contributed by atoms with E-state index in [0.29, 0.717) is 11.3 Å². The van der Waals surface area contributed by atoms with Gasteiger partial charge < -0.3 is 10.4 Å². The molecule has 0 atom stereocenters. The summed E-state index contributed by atoms with van der Waals surface area (Å²) in [5, 5.41) is 10.9. The molecule has 2 N–H and O–H groups in total. The molecule has 62 valence electrons. The molecule has 3 heteroatoms. The first-order valence-corrected chi connectivity index (χ1v) is 3.48. The molecule has 1 amide bonds. The van der Waals surface area contributed by atoms with Gasteiger partial charge in [0.2, 0.25) is 5.91 Å². The average molecular weight is 163 g/mol. The van der Waals surface area contributed by atoms with Gasteiger partial charge in [-0.1, -0.05) is 12.1 Å². The number of carbonyl (C=O) groups is 1. The molecule has 0 heterocycles. The third-order valence-electron chi connectivity index (χ3n) is 1.31. The summed E-state index contributed by atoms with van der Waals surface area (Å²) in [6.45, 7) is 4.94. The van der Waals surface area contributed by atoms with Gasteiger partial charge in [-0.25, -0.2) is 0 Å². The van der Waals surface area contributed by atoms with Crippen LogP contribution in [0.15, 0.2) is 24.3 Å². The normalized spacial score (nSPS) is 9.50. The first-order valence-electron chi connectivity index (χ1n) is 3.48. The van der Waals surface area contributed by atoms with Crippen molar-refractivity contribution in [3.05, 3.63) is 36.8 Å². The Hall–Kier alpha value is -1.35. The van der Waals surface area contributed by atoms with Crippen LogP contribution in [0, 0.1) is 6.92 Å². The molecule has 2 radical (unpaired) electrons. The van der Waals surface area contributed by atoms with Gasteiger partial charge in [0.15, 0.2) is 0 Å². The highest BCUT2D eigenvalue weighted by Gasteiger charge is 1.98. The molecule has 0 aliphatic rings. The van der Waals surface area contributed by atoms with Crippen molar-refractivity contribution in [3.63, 3.8) is 0 Å². The summed E-state index contributed by atoms with van der Waals surface area (Å²) in [4.78, 5) is 10.7. The van der Waals surface area contributed by atoms with Gasteiger partial charge in [0.05, 0.1) is 0 Å². The fraction of sp³-hybridized carbons (Fsp3) is 0.111. The van der Waals surface area contributed by atoms with Gasteiger partial charge in [-0.3, -0.25) is 4.79 Å². The van der Waals surface area contributed by atoms with Crippen LogP contribution in [0.2, 0.25) is 0 Å². The van der Waals surface area contributed by atoms with Crippen molar-refractivity contribution in [2.24, 2.45) is 0 Å². The summed E-state index contributed by atoms with van der Waals surface area (Å²) in [5.74, 6) is -0.444. The van der Waals surface area contributed by atoms with Gasteiger partial charge in [0.25, 0.3) is 0 Å². The van der Waals surface area contributed by atoms with E-state index in [1.807, 2.05) is 0 Å². The van der Waals surface area contributed by atoms with Crippen molar-refractivity contribution >= 4 is 11.6 Å². The van der Waals surface area contributed by atoms with E-state index in [1.165, 1.54) is 0 Å². The van der Waals surface area contributed by atoms with Crippen molar-refractivity contribution in [2.45, 2.75) is 0 Å². The highest BCUT2D eigenvalue weighted by molar-refractivity contribution is 5.91. The van der Waals surface area contributed by atoms with E-state index in [0.717, 1.165) is 0 Å². The van der Waals surface area contributed by atoms with Crippen molar-refractivity contribution in [1.29, 1.82) is 0 Å². The van der Waals surface area contributed by atoms with Gasteiger partial charge >= 0.3 is 0 Å². The van der Waals surface area contributed by atoms with Gasteiger partial charge in [0, 0.05) is 5.69 Å². The lowest BCUT2D eigenvalue weighted by Gasteiger charge is -2.02. The molecule has 1 aromatic carbocycles. The maximum Gasteiger partial charge on any atom is 0.250 e. The standard InChI is InChI=1S/C9H9NO2/c1-7-3-2-4-8(5-7)10-9(12)6-11/h1-5,11H,6H2,(H,10,12). The number of amides is 1. The summed E-state index contributed by atoms with van der Waals surface area (Å²) in [5.41, 5.74) is 1.17. The summed E-state index contributed by atoms with van der Waals surface area (Å²) >= 11 is 0. The number of rotatable bonds is 2. The van der Waals surface area contributed by atoms with E-state index in [4.69, 9.17) is 12.0 Å². The Labute approximate surface area is 71.0 Å². The number of hydrogen-bond donors (Lipinski definition) is 2. The molecule has 0 aliphatic heterocycles. The smallest absolute Gasteiger partial charge is 0.250 e. The first-order chi connectivity index (χ1) is 5.72. The highest BCUT2D eigenvalue weighted by Crippen LogP contribution is 2.08. The van der Waals surface area contributed by atoms with Crippen molar-refractivity contribution < 1.29 is 9.90 Å². The number of hydrogen-bond acceptors (Lipinski definition) is 2. The number of benzene rings is 1. The second kappa shape index (κ2) is 3.88. The lowest BCUT2D eigenvalue weighted by atomic mass is 10.2. The Balaban J connectivity index is 2.69. The molecular formula is C9H9NO2. The number of carbonyl (C=O) groups excluding carboxylic acids is 1. The third-order valence-corrected chi connectivity index (χ3v) is 1.31. The molecular weight excluding hydrogens is 154 g/mol. The monoisotopic (exact) mass is 163 g/mol. The van der Waals surface area contributed by atoms with Crippen molar-refractivity contribution in [3.8, 4) is 0 Å². The highest BCUT2D eigenvalue weighted by atomic mass is 16.3. The van der Waals surface area contributed by atoms with Crippen LogP contribution in [0.4, 0.5) is 5.69 Å². The Kier molecular flexibility index (Phi) is 2.82. The molecule has 0 aliphatic carbocycles. The molecule has 3 nitrogen and oxygen atoms in total. The number of nitrogens with one attached hydrogen (secondary N) is 1. The number of aliphatic hydroxyl groups is 1. The van der Waals surface area contributed by atoms with Crippen molar-refractivity contribution in [1.82, 2.24) is 0 Å². The zero-order valence-corrected chi connectivity index (χ0v) is 6.45. The fourth-order valence-corrected chi connectivity index (χ4v) is 0.817. The Morgan fingerprint density at radius 1 is 1.58 bits per heavy atom. The molecule has 1 rings (SSSR count). The summed E-state index contributed by atoms with van der Waals surface area (Å²) in [6, 6.07) is 6.76. The lowest BCUT2D eigenvalue weighted by Crippen LogP contribution is -2.15. The molecule has 1 aromatic rings. The quantitative estimate of drug-likeness (QED) is 0.673. The number of anilines is 1. The molecule has 0 aromatic heterocycles. The van der Waals surface area contributed by atoms with Crippen LogP contribution in [-0.4, -0.2) is 17.6 Å². The van der Waals surface area contributed by atoms with Crippen LogP contribution in [0.3, 0.4) is 0 Å². The summed E-state index contributed by atoms with van der Waals surface area (Å²) in [6.07, 6.45) is 0. The van der Waals surface area contributed by atoms with E-state index < -0.39 is 12.5 Å². The molecule has 0 spiro atoms. The van der Waals surface area contributed by atoms with E-state index in [1.54, 1.807) is 24.3 Å². The van der Waals surface area contributed by atoms with Crippen LogP contribution in [-0.2, 0) is 4.79 Å². The number of aliphatic hydroxyl groups excluding tert-OH is 1. The minimum Gasteiger partial charge on any atom is -0.387 e. The Bertz CT molecular complexity index is 284. The second-order valence-electron chi connectivity index (χ2n) is 2.33.